The highest BCUT2D eigenvalue weighted by Crippen LogP contribution is 2.39. The fourth-order valence-corrected chi connectivity index (χ4v) is 1.23. The lowest BCUT2D eigenvalue weighted by molar-refractivity contribution is 0.145. The number of hydrogen-bond acceptors (Lipinski definition) is 3. The molecule has 6 heteroatoms. The smallest absolute Gasteiger partial charge is 0.270 e. The average molecular weight is 224 g/mol. The van der Waals surface area contributed by atoms with Crippen molar-refractivity contribution in [3.63, 3.8) is 0 Å². The Morgan fingerprint density at radius 3 is 2.43 bits per heavy atom. The maximum Gasteiger partial charge on any atom is 0.270 e. The van der Waals surface area contributed by atoms with Crippen LogP contribution in [0.5, 0.6) is 11.5 Å². The maximum atomic E-state index is 12.5. The second-order valence-corrected chi connectivity index (χ2v) is 2.72. The summed E-state index contributed by atoms with van der Waals surface area (Å²) in [5, 5.41) is -0.280. The van der Waals surface area contributed by atoms with E-state index in [4.69, 9.17) is 21.1 Å². The highest BCUT2D eigenvalue weighted by molar-refractivity contribution is 6.30. The minimum atomic E-state index is -2.75. The van der Waals surface area contributed by atoms with Gasteiger partial charge >= 0.3 is 0 Å². The molecule has 0 atom stereocenters. The molecular weight excluding hydrogens is 216 g/mol. The lowest BCUT2D eigenvalue weighted by atomic mass is 10.2. The molecule has 1 aromatic rings. The largest absolute Gasteiger partial charge is 0.492 e. The summed E-state index contributed by atoms with van der Waals surface area (Å²) in [6.45, 7) is 0. The molecule has 0 spiro atoms. The van der Waals surface area contributed by atoms with Gasteiger partial charge in [0.05, 0.1) is 20.4 Å². The van der Waals surface area contributed by atoms with E-state index in [1.807, 2.05) is 0 Å². The SMILES string of the molecule is COc1cnc(Cl)c(C(F)F)c1OC. The van der Waals surface area contributed by atoms with Gasteiger partial charge in [0, 0.05) is 0 Å². The van der Waals surface area contributed by atoms with Crippen molar-refractivity contribution in [2.24, 2.45) is 0 Å². The number of methoxy groups -OCH3 is 2. The van der Waals surface area contributed by atoms with E-state index in [1.165, 1.54) is 20.4 Å². The molecule has 0 aliphatic heterocycles. The molecule has 1 heterocycles. The number of halogens is 3. The summed E-state index contributed by atoms with van der Waals surface area (Å²) in [5.74, 6) is 0.0506. The van der Waals surface area contributed by atoms with E-state index in [0.29, 0.717) is 0 Å². The third kappa shape index (κ3) is 1.87. The van der Waals surface area contributed by atoms with Crippen molar-refractivity contribution in [2.75, 3.05) is 14.2 Å². The highest BCUT2D eigenvalue weighted by atomic mass is 35.5. The second kappa shape index (κ2) is 4.41. The molecule has 1 rings (SSSR count). The number of nitrogens with zero attached hydrogens (tertiary/aromatic N) is 1. The second-order valence-electron chi connectivity index (χ2n) is 2.37. The van der Waals surface area contributed by atoms with Crippen LogP contribution < -0.4 is 9.47 Å². The fraction of sp³-hybridized carbons (Fsp3) is 0.375. The van der Waals surface area contributed by atoms with Crippen molar-refractivity contribution >= 4 is 11.6 Å². The molecule has 3 nitrogen and oxygen atoms in total. The summed E-state index contributed by atoms with van der Waals surface area (Å²) in [4.78, 5) is 3.56. The number of ether oxygens (including phenoxy) is 2. The van der Waals surface area contributed by atoms with Crippen molar-refractivity contribution in [2.45, 2.75) is 6.43 Å². The predicted molar refractivity (Wildman–Crippen MR) is 47.3 cm³/mol. The van der Waals surface area contributed by atoms with E-state index in [1.54, 1.807) is 0 Å². The van der Waals surface area contributed by atoms with Crippen molar-refractivity contribution in [1.82, 2.24) is 4.98 Å². The maximum absolute atomic E-state index is 12.5. The van der Waals surface area contributed by atoms with E-state index < -0.39 is 12.0 Å². The summed E-state index contributed by atoms with van der Waals surface area (Å²) in [5.41, 5.74) is -0.450. The Kier molecular flexibility index (Phi) is 3.46. The van der Waals surface area contributed by atoms with Gasteiger partial charge in [-0.1, -0.05) is 11.6 Å². The van der Waals surface area contributed by atoms with Gasteiger partial charge in [-0.3, -0.25) is 0 Å². The van der Waals surface area contributed by atoms with Crippen LogP contribution in [0, 0.1) is 0 Å². The van der Waals surface area contributed by atoms with Gasteiger partial charge < -0.3 is 9.47 Å². The molecule has 0 fully saturated rings. The van der Waals surface area contributed by atoms with Gasteiger partial charge in [-0.25, -0.2) is 13.8 Å². The van der Waals surface area contributed by atoms with Crippen molar-refractivity contribution < 1.29 is 18.3 Å². The number of hydrogen-bond donors (Lipinski definition) is 0. The first kappa shape index (κ1) is 11.0. The summed E-state index contributed by atoms with van der Waals surface area (Å²) in [6, 6.07) is 0. The van der Waals surface area contributed by atoms with E-state index in [9.17, 15) is 8.78 Å². The molecular formula is C8H8ClF2NO2. The summed E-state index contributed by atoms with van der Waals surface area (Å²) < 4.78 is 34.6. The first-order valence-electron chi connectivity index (χ1n) is 3.66. The van der Waals surface area contributed by atoms with Crippen LogP contribution in [0.1, 0.15) is 12.0 Å². The van der Waals surface area contributed by atoms with E-state index in [-0.39, 0.29) is 16.7 Å². The summed E-state index contributed by atoms with van der Waals surface area (Å²) >= 11 is 5.51. The van der Waals surface area contributed by atoms with Crippen LogP contribution in [0.2, 0.25) is 5.15 Å². The molecule has 0 amide bonds. The first-order chi connectivity index (χ1) is 6.61. The summed E-state index contributed by atoms with van der Waals surface area (Å²) in [7, 11) is 2.60. The topological polar surface area (TPSA) is 31.4 Å². The van der Waals surface area contributed by atoms with Gasteiger partial charge in [0.1, 0.15) is 10.7 Å². The molecule has 0 saturated heterocycles. The van der Waals surface area contributed by atoms with Crippen LogP contribution >= 0.6 is 11.6 Å². The molecule has 14 heavy (non-hydrogen) atoms. The number of rotatable bonds is 3. The Morgan fingerprint density at radius 2 is 2.00 bits per heavy atom. The normalized spacial score (nSPS) is 10.4. The minimum absolute atomic E-state index is 0.0810. The third-order valence-corrected chi connectivity index (χ3v) is 1.93. The molecule has 1 aromatic heterocycles. The van der Waals surface area contributed by atoms with Gasteiger partial charge in [-0.15, -0.1) is 0 Å². The third-order valence-electron chi connectivity index (χ3n) is 1.63. The number of alkyl halides is 2. The molecule has 0 saturated carbocycles. The molecule has 0 aliphatic carbocycles. The van der Waals surface area contributed by atoms with Gasteiger partial charge in [0.15, 0.2) is 11.5 Å². The predicted octanol–water partition coefficient (Wildman–Crippen LogP) is 2.69. The molecule has 0 bridgehead atoms. The van der Waals surface area contributed by atoms with Crippen LogP contribution in [0.15, 0.2) is 6.20 Å². The van der Waals surface area contributed by atoms with E-state index in [2.05, 4.69) is 4.98 Å². The average Bonchev–Trinajstić information content (AvgIpc) is 2.16. The van der Waals surface area contributed by atoms with Gasteiger partial charge in [0.2, 0.25) is 0 Å². The molecule has 0 N–H and O–H groups in total. The lowest BCUT2D eigenvalue weighted by Gasteiger charge is -2.12. The van der Waals surface area contributed by atoms with Crippen molar-refractivity contribution in [3.05, 3.63) is 16.9 Å². The molecule has 0 unspecified atom stereocenters. The van der Waals surface area contributed by atoms with Gasteiger partial charge in [-0.05, 0) is 0 Å². The van der Waals surface area contributed by atoms with Crippen molar-refractivity contribution in [1.29, 1.82) is 0 Å². The van der Waals surface area contributed by atoms with E-state index in [0.717, 1.165) is 0 Å². The fourth-order valence-electron chi connectivity index (χ4n) is 1.01. The molecule has 0 aliphatic rings. The number of aromatic nitrogens is 1. The Balaban J connectivity index is 3.35. The minimum Gasteiger partial charge on any atom is -0.492 e. The quantitative estimate of drug-likeness (QED) is 0.739. The van der Waals surface area contributed by atoms with Gasteiger partial charge in [-0.2, -0.15) is 0 Å². The van der Waals surface area contributed by atoms with Crippen LogP contribution in [0.3, 0.4) is 0 Å². The van der Waals surface area contributed by atoms with Gasteiger partial charge in [0.25, 0.3) is 6.43 Å². The van der Waals surface area contributed by atoms with Crippen LogP contribution in [-0.2, 0) is 0 Å². The van der Waals surface area contributed by atoms with Crippen LogP contribution in [0.4, 0.5) is 8.78 Å². The standard InChI is InChI=1S/C8H8ClF2NO2/c1-13-4-3-12-7(9)5(8(10)11)6(4)14-2/h3,8H,1-2H3. The zero-order valence-electron chi connectivity index (χ0n) is 7.55. The highest BCUT2D eigenvalue weighted by Gasteiger charge is 2.22. The Bertz CT molecular complexity index is 333. The Labute approximate surface area is 84.6 Å². The zero-order valence-corrected chi connectivity index (χ0v) is 8.31. The molecule has 78 valence electrons. The van der Waals surface area contributed by atoms with Crippen molar-refractivity contribution in [3.8, 4) is 11.5 Å². The van der Waals surface area contributed by atoms with Crippen LogP contribution in [-0.4, -0.2) is 19.2 Å². The molecule has 0 aromatic carbocycles. The Hall–Kier alpha value is -1.10. The first-order valence-corrected chi connectivity index (χ1v) is 4.04. The zero-order chi connectivity index (χ0) is 10.7. The van der Waals surface area contributed by atoms with E-state index >= 15 is 0 Å². The summed E-state index contributed by atoms with van der Waals surface area (Å²) in [6.07, 6.45) is -1.52. The Morgan fingerprint density at radius 1 is 1.36 bits per heavy atom. The number of pyridine rings is 1. The molecule has 0 radical (unpaired) electrons. The monoisotopic (exact) mass is 223 g/mol. The lowest BCUT2D eigenvalue weighted by Crippen LogP contribution is -1.99. The van der Waals surface area contributed by atoms with Crippen LogP contribution in [0.25, 0.3) is 0 Å².